The smallest absolute Gasteiger partial charge is 0.0859 e. The van der Waals surface area contributed by atoms with E-state index in [1.54, 1.807) is 7.11 Å². The highest BCUT2D eigenvalue weighted by molar-refractivity contribution is 14.2. The monoisotopic (exact) mass is 312 g/mol. The summed E-state index contributed by atoms with van der Waals surface area (Å²) in [6, 6.07) is 0. The molecule has 0 heterocycles. The van der Waals surface area contributed by atoms with Gasteiger partial charge in [-0.25, -0.2) is 0 Å². The first-order chi connectivity index (χ1) is 2.77. The van der Waals surface area contributed by atoms with Gasteiger partial charge >= 0.3 is 0 Å². The van der Waals surface area contributed by atoms with E-state index in [9.17, 15) is 0 Å². The zero-order chi connectivity index (χ0) is 4.99. The van der Waals surface area contributed by atoms with Crippen LogP contribution in [0.3, 0.4) is 0 Å². The summed E-state index contributed by atoms with van der Waals surface area (Å²) in [5.74, 6) is 0. The van der Waals surface area contributed by atoms with Gasteiger partial charge in [0.1, 0.15) is 0 Å². The Balaban J connectivity index is 2.63. The molecule has 0 aromatic rings. The fourth-order valence-electron chi connectivity index (χ4n) is 0.126. The van der Waals surface area contributed by atoms with Gasteiger partial charge in [-0.05, 0) is 0 Å². The average molecular weight is 312 g/mol. The summed E-state index contributed by atoms with van der Waals surface area (Å²) in [7, 11) is 1.71. The predicted octanol–water partition coefficient (Wildman–Crippen LogP) is 1.83. The molecule has 6 heavy (non-hydrogen) atoms. The van der Waals surface area contributed by atoms with E-state index in [-0.39, 0.29) is 0 Å². The van der Waals surface area contributed by atoms with Gasteiger partial charge < -0.3 is 4.74 Å². The quantitative estimate of drug-likeness (QED) is 0.558. The number of hydrogen-bond donors (Lipinski definition) is 0. The van der Waals surface area contributed by atoms with E-state index >= 15 is 0 Å². The molecule has 0 aromatic carbocycles. The maximum absolute atomic E-state index is 4.79. The lowest BCUT2D eigenvalue weighted by molar-refractivity contribution is 0.218. The molecule has 0 fully saturated rings. The van der Waals surface area contributed by atoms with Crippen molar-refractivity contribution in [2.75, 3.05) is 13.7 Å². The number of methoxy groups -OCH3 is 1. The Labute approximate surface area is 65.1 Å². The normalized spacial score (nSPS) is 10.0. The minimum Gasteiger partial charge on any atom is -0.383 e. The number of alkyl halides is 2. The van der Waals surface area contributed by atoms with E-state index in [2.05, 4.69) is 45.2 Å². The highest BCUT2D eigenvalue weighted by Gasteiger charge is 1.90. The summed E-state index contributed by atoms with van der Waals surface area (Å²) in [5, 5.41) is 0. The molecule has 38 valence electrons. The average Bonchev–Trinajstić information content (AvgIpc) is 1.35. The first-order valence-electron chi connectivity index (χ1n) is 1.54. The van der Waals surface area contributed by atoms with Crippen LogP contribution in [0.4, 0.5) is 0 Å². The van der Waals surface area contributed by atoms with Crippen molar-refractivity contribution in [3.63, 3.8) is 0 Å². The molecule has 0 rings (SSSR count). The number of hydrogen-bond acceptors (Lipinski definition) is 1. The number of halogens is 2. The third kappa shape index (κ3) is 5.42. The van der Waals surface area contributed by atoms with Crippen molar-refractivity contribution in [3.8, 4) is 0 Å². The third-order valence-corrected chi connectivity index (χ3v) is 1.01. The van der Waals surface area contributed by atoms with E-state index in [0.717, 1.165) is 6.61 Å². The summed E-state index contributed by atoms with van der Waals surface area (Å²) in [5.41, 5.74) is 0. The lowest BCUT2D eigenvalue weighted by atomic mass is 10.9. The topological polar surface area (TPSA) is 9.23 Å². The molecule has 3 heteroatoms. The third-order valence-electron chi connectivity index (χ3n) is 0.293. The molecule has 1 nitrogen and oxygen atoms in total. The van der Waals surface area contributed by atoms with Gasteiger partial charge in [0.2, 0.25) is 0 Å². The predicted molar refractivity (Wildman–Crippen MR) is 43.7 cm³/mol. The van der Waals surface area contributed by atoms with Crippen LogP contribution in [0.5, 0.6) is 0 Å². The van der Waals surface area contributed by atoms with Crippen LogP contribution < -0.4 is 0 Å². The molecule has 0 N–H and O–H groups in total. The second-order valence-corrected chi connectivity index (χ2v) is 6.24. The number of ether oxygens (including phenoxy) is 1. The van der Waals surface area contributed by atoms with E-state index in [0.29, 0.717) is 1.93 Å². The minimum absolute atomic E-state index is 0.616. The Morgan fingerprint density at radius 3 is 2.17 bits per heavy atom. The Bertz CT molecular complexity index is 30.0. The van der Waals surface area contributed by atoms with Crippen LogP contribution in [0.2, 0.25) is 0 Å². The molecule has 0 amide bonds. The Kier molecular flexibility index (Phi) is 5.66. The standard InChI is InChI=1S/C3H6I2O/c1-6-2-3(4)5/h3H,2H2,1H3. The molecule has 0 saturated carbocycles. The zero-order valence-corrected chi connectivity index (χ0v) is 7.76. The minimum atomic E-state index is 0.616. The number of rotatable bonds is 2. The molecular formula is C3H6I2O. The van der Waals surface area contributed by atoms with Gasteiger partial charge in [0.25, 0.3) is 0 Å². The van der Waals surface area contributed by atoms with Gasteiger partial charge in [-0.15, -0.1) is 0 Å². The lowest BCUT2D eigenvalue weighted by Gasteiger charge is -1.94. The SMILES string of the molecule is COCC(I)I. The molecule has 0 aliphatic heterocycles. The summed E-state index contributed by atoms with van der Waals surface area (Å²) in [6.07, 6.45) is 0. The zero-order valence-electron chi connectivity index (χ0n) is 3.45. The van der Waals surface area contributed by atoms with Crippen molar-refractivity contribution in [1.82, 2.24) is 0 Å². The maximum atomic E-state index is 4.79. The lowest BCUT2D eigenvalue weighted by Crippen LogP contribution is -1.94. The molecular weight excluding hydrogens is 306 g/mol. The van der Waals surface area contributed by atoms with Crippen LogP contribution >= 0.6 is 45.2 Å². The first kappa shape index (κ1) is 7.42. The van der Waals surface area contributed by atoms with E-state index in [1.807, 2.05) is 0 Å². The molecule has 0 spiro atoms. The Morgan fingerprint density at radius 1 is 1.67 bits per heavy atom. The Morgan fingerprint density at radius 2 is 2.17 bits per heavy atom. The van der Waals surface area contributed by atoms with Gasteiger partial charge in [0.05, 0.1) is 8.54 Å². The first-order valence-corrected chi connectivity index (χ1v) is 4.03. The van der Waals surface area contributed by atoms with E-state index in [1.165, 1.54) is 0 Å². The van der Waals surface area contributed by atoms with Crippen molar-refractivity contribution in [2.24, 2.45) is 0 Å². The molecule has 0 saturated heterocycles. The summed E-state index contributed by atoms with van der Waals surface area (Å²) < 4.78 is 5.40. The van der Waals surface area contributed by atoms with Crippen LogP contribution in [0.1, 0.15) is 0 Å². The molecule has 0 radical (unpaired) electrons. The second kappa shape index (κ2) is 4.58. The molecule has 0 unspecified atom stereocenters. The van der Waals surface area contributed by atoms with Crippen LogP contribution in [-0.2, 0) is 4.74 Å². The van der Waals surface area contributed by atoms with E-state index in [4.69, 9.17) is 4.74 Å². The summed E-state index contributed by atoms with van der Waals surface area (Å²) in [4.78, 5) is 0. The molecule has 0 bridgehead atoms. The van der Waals surface area contributed by atoms with Crippen LogP contribution in [-0.4, -0.2) is 15.6 Å². The largest absolute Gasteiger partial charge is 0.383 e. The molecule has 0 atom stereocenters. The summed E-state index contributed by atoms with van der Waals surface area (Å²) in [6.45, 7) is 0.848. The Hall–Kier alpha value is 1.42. The van der Waals surface area contributed by atoms with Crippen molar-refractivity contribution in [2.45, 2.75) is 1.93 Å². The van der Waals surface area contributed by atoms with Crippen molar-refractivity contribution in [1.29, 1.82) is 0 Å². The highest BCUT2D eigenvalue weighted by Crippen LogP contribution is 2.07. The van der Waals surface area contributed by atoms with Crippen LogP contribution in [0.25, 0.3) is 0 Å². The van der Waals surface area contributed by atoms with Crippen LogP contribution in [0.15, 0.2) is 0 Å². The fraction of sp³-hybridized carbons (Fsp3) is 1.00. The van der Waals surface area contributed by atoms with Gasteiger partial charge in [-0.2, -0.15) is 0 Å². The van der Waals surface area contributed by atoms with Gasteiger partial charge in [0.15, 0.2) is 0 Å². The molecule has 0 aliphatic rings. The van der Waals surface area contributed by atoms with Gasteiger partial charge in [-0.1, -0.05) is 45.2 Å². The van der Waals surface area contributed by atoms with E-state index < -0.39 is 0 Å². The van der Waals surface area contributed by atoms with Crippen molar-refractivity contribution in [3.05, 3.63) is 0 Å². The molecule has 0 aromatic heterocycles. The van der Waals surface area contributed by atoms with Gasteiger partial charge in [0, 0.05) is 7.11 Å². The van der Waals surface area contributed by atoms with Gasteiger partial charge in [-0.3, -0.25) is 0 Å². The highest BCUT2D eigenvalue weighted by atomic mass is 127. The van der Waals surface area contributed by atoms with Crippen molar-refractivity contribution < 1.29 is 4.74 Å². The van der Waals surface area contributed by atoms with Crippen molar-refractivity contribution >= 4 is 45.2 Å². The van der Waals surface area contributed by atoms with Crippen LogP contribution in [0, 0.1) is 0 Å². The maximum Gasteiger partial charge on any atom is 0.0859 e. The fourth-order valence-corrected chi connectivity index (χ4v) is 0.845. The molecule has 0 aliphatic carbocycles. The summed E-state index contributed by atoms with van der Waals surface area (Å²) >= 11 is 4.61. The second-order valence-electron chi connectivity index (χ2n) is 0.846.